The Labute approximate surface area is 151 Å². The second kappa shape index (κ2) is 7.49. The van der Waals surface area contributed by atoms with Crippen molar-refractivity contribution in [3.63, 3.8) is 0 Å². The van der Waals surface area contributed by atoms with Crippen LogP contribution < -0.4 is 0 Å². The van der Waals surface area contributed by atoms with Crippen LogP contribution in [0.15, 0.2) is 54.9 Å². The molecule has 0 bridgehead atoms. The van der Waals surface area contributed by atoms with E-state index in [4.69, 9.17) is 11.6 Å². The molecule has 5 nitrogen and oxygen atoms in total. The highest BCUT2D eigenvalue weighted by molar-refractivity contribution is 6.30. The van der Waals surface area contributed by atoms with Gasteiger partial charge in [-0.3, -0.25) is 9.78 Å². The quantitative estimate of drug-likeness (QED) is 0.704. The third kappa shape index (κ3) is 4.06. The standard InChI is InChI=1S/C19H19ClN4O/c1-14-13-18(22-24(14)17-5-3-16(20)4-6-17)19(25)23(2)12-9-15-7-10-21-11-8-15/h3-8,10-11,13H,9,12H2,1-2H3. The van der Waals surface area contributed by atoms with Gasteiger partial charge in [0.1, 0.15) is 0 Å². The molecule has 6 heteroatoms. The summed E-state index contributed by atoms with van der Waals surface area (Å²) in [7, 11) is 1.79. The molecule has 0 unspecified atom stereocenters. The van der Waals surface area contributed by atoms with Gasteiger partial charge in [0.05, 0.1) is 5.69 Å². The van der Waals surface area contributed by atoms with Gasteiger partial charge < -0.3 is 4.90 Å². The molecule has 0 atom stereocenters. The van der Waals surface area contributed by atoms with Gasteiger partial charge >= 0.3 is 0 Å². The SMILES string of the molecule is Cc1cc(C(=O)N(C)CCc2ccncc2)nn1-c1ccc(Cl)cc1. The number of aryl methyl sites for hydroxylation is 1. The zero-order valence-electron chi connectivity index (χ0n) is 14.2. The van der Waals surface area contributed by atoms with Gasteiger partial charge in [0.25, 0.3) is 5.91 Å². The number of hydrogen-bond acceptors (Lipinski definition) is 3. The van der Waals surface area contributed by atoms with E-state index in [0.717, 1.165) is 23.4 Å². The monoisotopic (exact) mass is 354 g/mol. The van der Waals surface area contributed by atoms with Crippen LogP contribution in [0.25, 0.3) is 5.69 Å². The molecule has 128 valence electrons. The number of benzene rings is 1. The third-order valence-corrected chi connectivity index (χ3v) is 4.26. The lowest BCUT2D eigenvalue weighted by molar-refractivity contribution is 0.0790. The maximum Gasteiger partial charge on any atom is 0.274 e. The van der Waals surface area contributed by atoms with Crippen LogP contribution >= 0.6 is 11.6 Å². The van der Waals surface area contributed by atoms with E-state index in [-0.39, 0.29) is 5.91 Å². The third-order valence-electron chi connectivity index (χ3n) is 4.01. The van der Waals surface area contributed by atoms with E-state index in [1.807, 2.05) is 31.2 Å². The van der Waals surface area contributed by atoms with E-state index in [9.17, 15) is 4.79 Å². The summed E-state index contributed by atoms with van der Waals surface area (Å²) in [5.41, 5.74) is 3.36. The van der Waals surface area contributed by atoms with Crippen molar-refractivity contribution in [3.8, 4) is 5.69 Å². The lowest BCUT2D eigenvalue weighted by atomic mass is 10.2. The molecule has 0 fully saturated rings. The first-order chi connectivity index (χ1) is 12.0. The Hall–Kier alpha value is -2.66. The van der Waals surface area contributed by atoms with Crippen LogP contribution in [0.2, 0.25) is 5.02 Å². The highest BCUT2D eigenvalue weighted by atomic mass is 35.5. The molecule has 2 aromatic heterocycles. The Kier molecular flexibility index (Phi) is 5.14. The van der Waals surface area contributed by atoms with Crippen LogP contribution in [-0.4, -0.2) is 39.2 Å². The fourth-order valence-corrected chi connectivity index (χ4v) is 2.69. The Bertz CT molecular complexity index is 859. The first-order valence-electron chi connectivity index (χ1n) is 8.01. The summed E-state index contributed by atoms with van der Waals surface area (Å²) in [4.78, 5) is 18.3. The lowest BCUT2D eigenvalue weighted by Crippen LogP contribution is -2.29. The maximum absolute atomic E-state index is 12.6. The minimum absolute atomic E-state index is 0.0927. The molecule has 1 amide bonds. The van der Waals surface area contributed by atoms with E-state index < -0.39 is 0 Å². The van der Waals surface area contributed by atoms with Crippen molar-refractivity contribution in [2.45, 2.75) is 13.3 Å². The van der Waals surface area contributed by atoms with E-state index in [2.05, 4.69) is 10.1 Å². The van der Waals surface area contributed by atoms with E-state index in [0.29, 0.717) is 17.3 Å². The first kappa shape index (κ1) is 17.2. The molecule has 0 saturated carbocycles. The molecule has 3 rings (SSSR count). The summed E-state index contributed by atoms with van der Waals surface area (Å²) in [6, 6.07) is 13.1. The maximum atomic E-state index is 12.6. The predicted octanol–water partition coefficient (Wildman–Crippen LogP) is 3.54. The number of pyridine rings is 1. The van der Waals surface area contributed by atoms with Crippen LogP contribution in [-0.2, 0) is 6.42 Å². The molecular weight excluding hydrogens is 336 g/mol. The van der Waals surface area contributed by atoms with Gasteiger partial charge in [0.2, 0.25) is 0 Å². The summed E-state index contributed by atoms with van der Waals surface area (Å²) in [5.74, 6) is -0.0927. The average molecular weight is 355 g/mol. The van der Waals surface area contributed by atoms with Crippen LogP contribution in [0.4, 0.5) is 0 Å². The molecule has 0 radical (unpaired) electrons. The van der Waals surface area contributed by atoms with Gasteiger partial charge in [-0.25, -0.2) is 4.68 Å². The van der Waals surface area contributed by atoms with Crippen molar-refractivity contribution in [2.24, 2.45) is 0 Å². The molecule has 0 saturated heterocycles. The van der Waals surface area contributed by atoms with Crippen molar-refractivity contribution in [2.75, 3.05) is 13.6 Å². The van der Waals surface area contributed by atoms with Crippen LogP contribution in [0, 0.1) is 6.92 Å². The number of amides is 1. The van der Waals surface area contributed by atoms with Gasteiger partial charge in [0, 0.05) is 36.7 Å². The summed E-state index contributed by atoms with van der Waals surface area (Å²) in [6.07, 6.45) is 4.30. The number of nitrogens with zero attached hydrogens (tertiary/aromatic N) is 4. The zero-order chi connectivity index (χ0) is 17.8. The number of rotatable bonds is 5. The van der Waals surface area contributed by atoms with Gasteiger partial charge in [0.15, 0.2) is 5.69 Å². The molecule has 1 aromatic carbocycles. The Morgan fingerprint density at radius 2 is 1.84 bits per heavy atom. The Morgan fingerprint density at radius 3 is 2.52 bits per heavy atom. The summed E-state index contributed by atoms with van der Waals surface area (Å²) >= 11 is 5.93. The van der Waals surface area contributed by atoms with Crippen LogP contribution in [0.1, 0.15) is 21.7 Å². The second-order valence-corrected chi connectivity index (χ2v) is 6.33. The highest BCUT2D eigenvalue weighted by Crippen LogP contribution is 2.16. The smallest absolute Gasteiger partial charge is 0.274 e. The molecular formula is C19H19ClN4O. The lowest BCUT2D eigenvalue weighted by Gasteiger charge is -2.15. The summed E-state index contributed by atoms with van der Waals surface area (Å²) in [5, 5.41) is 5.13. The van der Waals surface area contributed by atoms with Crippen molar-refractivity contribution in [1.82, 2.24) is 19.7 Å². The second-order valence-electron chi connectivity index (χ2n) is 5.89. The largest absolute Gasteiger partial charge is 0.340 e. The van der Waals surface area contributed by atoms with Crippen molar-refractivity contribution in [3.05, 3.63) is 76.8 Å². The Balaban J connectivity index is 1.72. The fourth-order valence-electron chi connectivity index (χ4n) is 2.57. The highest BCUT2D eigenvalue weighted by Gasteiger charge is 2.17. The number of hydrogen-bond donors (Lipinski definition) is 0. The number of aromatic nitrogens is 3. The average Bonchev–Trinajstić information content (AvgIpc) is 3.02. The van der Waals surface area contributed by atoms with Crippen molar-refractivity contribution >= 4 is 17.5 Å². The molecule has 0 N–H and O–H groups in total. The molecule has 2 heterocycles. The number of carbonyl (C=O) groups is 1. The fraction of sp³-hybridized carbons (Fsp3) is 0.211. The molecule has 0 aliphatic rings. The normalized spacial score (nSPS) is 10.7. The molecule has 0 aliphatic carbocycles. The van der Waals surface area contributed by atoms with Crippen LogP contribution in [0.5, 0.6) is 0 Å². The molecule has 25 heavy (non-hydrogen) atoms. The van der Waals surface area contributed by atoms with Gasteiger partial charge in [-0.05, 0) is 61.4 Å². The molecule has 0 aliphatic heterocycles. The van der Waals surface area contributed by atoms with E-state index in [1.165, 1.54) is 0 Å². The van der Waals surface area contributed by atoms with Gasteiger partial charge in [-0.15, -0.1) is 0 Å². The van der Waals surface area contributed by atoms with Crippen molar-refractivity contribution in [1.29, 1.82) is 0 Å². The topological polar surface area (TPSA) is 51.0 Å². The van der Waals surface area contributed by atoms with Gasteiger partial charge in [-0.1, -0.05) is 11.6 Å². The molecule has 3 aromatic rings. The summed E-state index contributed by atoms with van der Waals surface area (Å²) in [6.45, 7) is 2.55. The number of likely N-dealkylation sites (N-methyl/N-ethyl adjacent to an activating group) is 1. The van der Waals surface area contributed by atoms with Gasteiger partial charge in [-0.2, -0.15) is 5.10 Å². The number of carbonyl (C=O) groups excluding carboxylic acids is 1. The zero-order valence-corrected chi connectivity index (χ0v) is 14.9. The summed E-state index contributed by atoms with van der Waals surface area (Å²) < 4.78 is 1.75. The molecule has 0 spiro atoms. The van der Waals surface area contributed by atoms with Crippen LogP contribution in [0.3, 0.4) is 0 Å². The predicted molar refractivity (Wildman–Crippen MR) is 98.2 cm³/mol. The first-order valence-corrected chi connectivity index (χ1v) is 8.39. The minimum atomic E-state index is -0.0927. The Morgan fingerprint density at radius 1 is 1.16 bits per heavy atom. The minimum Gasteiger partial charge on any atom is -0.340 e. The van der Waals surface area contributed by atoms with E-state index >= 15 is 0 Å². The van der Waals surface area contributed by atoms with Crippen molar-refractivity contribution < 1.29 is 4.79 Å². The van der Waals surface area contributed by atoms with E-state index in [1.54, 1.807) is 47.2 Å². The number of halogens is 1.